The molecule has 1 aliphatic carbocycles. The minimum Gasteiger partial charge on any atom is -0.355 e. The second-order valence-electron chi connectivity index (χ2n) is 7.41. The van der Waals surface area contributed by atoms with Crippen molar-refractivity contribution in [1.82, 2.24) is 15.0 Å². The fourth-order valence-corrected chi connectivity index (χ4v) is 4.65. The SMILES string of the molecule is N[C@@H]1c2ccccc2CC12CCN(c1cnc3nc(Cl)ccc3n1)CC2. The van der Waals surface area contributed by atoms with Gasteiger partial charge < -0.3 is 10.6 Å². The van der Waals surface area contributed by atoms with Gasteiger partial charge in [-0.1, -0.05) is 35.9 Å². The van der Waals surface area contributed by atoms with Gasteiger partial charge in [-0.2, -0.15) is 0 Å². The Morgan fingerprint density at radius 3 is 2.69 bits per heavy atom. The summed E-state index contributed by atoms with van der Waals surface area (Å²) < 4.78 is 0. The Bertz CT molecular complexity index is 981. The van der Waals surface area contributed by atoms with Crippen LogP contribution in [0.5, 0.6) is 0 Å². The summed E-state index contributed by atoms with van der Waals surface area (Å²) in [6.07, 6.45) is 5.03. The van der Waals surface area contributed by atoms with Gasteiger partial charge in [0.15, 0.2) is 5.65 Å². The van der Waals surface area contributed by atoms with Crippen molar-refractivity contribution in [2.45, 2.75) is 25.3 Å². The highest BCUT2D eigenvalue weighted by Gasteiger charge is 2.45. The number of fused-ring (bicyclic) bond motifs is 2. The zero-order valence-corrected chi connectivity index (χ0v) is 15.2. The van der Waals surface area contributed by atoms with E-state index in [1.807, 2.05) is 6.07 Å². The van der Waals surface area contributed by atoms with Crippen molar-refractivity contribution in [2.75, 3.05) is 18.0 Å². The lowest BCUT2D eigenvalue weighted by Gasteiger charge is -2.42. The Labute approximate surface area is 157 Å². The quantitative estimate of drug-likeness (QED) is 0.668. The number of nitrogens with two attached hydrogens (primary N) is 1. The predicted molar refractivity (Wildman–Crippen MR) is 103 cm³/mol. The number of hydrogen-bond donors (Lipinski definition) is 1. The van der Waals surface area contributed by atoms with Crippen molar-refractivity contribution in [3.8, 4) is 0 Å². The molecule has 1 fully saturated rings. The summed E-state index contributed by atoms with van der Waals surface area (Å²) in [6, 6.07) is 12.4. The molecule has 6 heteroatoms. The van der Waals surface area contributed by atoms with E-state index in [1.54, 1.807) is 12.3 Å². The molecule has 1 aromatic carbocycles. The van der Waals surface area contributed by atoms with Crippen LogP contribution in [0.25, 0.3) is 11.2 Å². The summed E-state index contributed by atoms with van der Waals surface area (Å²) in [5, 5.41) is 0.439. The molecular formula is C20H20ClN5. The fourth-order valence-electron chi connectivity index (χ4n) is 4.51. The van der Waals surface area contributed by atoms with Crippen molar-refractivity contribution < 1.29 is 0 Å². The molecule has 26 heavy (non-hydrogen) atoms. The Kier molecular flexibility index (Phi) is 3.62. The standard InChI is InChI=1S/C20H20ClN5/c21-16-6-5-15-19(25-16)23-12-17(24-15)26-9-7-20(8-10-26)11-13-3-1-2-4-14(13)18(20)22/h1-6,12,18H,7-11,22H2/t18-/m1/s1. The average Bonchev–Trinajstić information content (AvgIpc) is 2.94. The topological polar surface area (TPSA) is 67.9 Å². The van der Waals surface area contributed by atoms with Gasteiger partial charge in [-0.25, -0.2) is 15.0 Å². The summed E-state index contributed by atoms with van der Waals surface area (Å²) in [4.78, 5) is 15.7. The van der Waals surface area contributed by atoms with Crippen LogP contribution in [0.3, 0.4) is 0 Å². The van der Waals surface area contributed by atoms with Crippen molar-refractivity contribution in [3.63, 3.8) is 0 Å². The van der Waals surface area contributed by atoms with E-state index in [9.17, 15) is 0 Å². The first-order chi connectivity index (χ1) is 12.6. The molecule has 0 bridgehead atoms. The number of hydrogen-bond acceptors (Lipinski definition) is 5. The number of piperidine rings is 1. The van der Waals surface area contributed by atoms with Gasteiger partial charge >= 0.3 is 0 Å². The molecule has 0 radical (unpaired) electrons. The van der Waals surface area contributed by atoms with Gasteiger partial charge in [0, 0.05) is 19.1 Å². The largest absolute Gasteiger partial charge is 0.355 e. The normalized spacial score (nSPS) is 21.3. The Balaban J connectivity index is 1.37. The smallest absolute Gasteiger partial charge is 0.179 e. The fraction of sp³-hybridized carbons (Fsp3) is 0.350. The van der Waals surface area contributed by atoms with Crippen LogP contribution in [0.15, 0.2) is 42.6 Å². The van der Waals surface area contributed by atoms with Crippen molar-refractivity contribution in [2.24, 2.45) is 11.1 Å². The van der Waals surface area contributed by atoms with Gasteiger partial charge in [0.25, 0.3) is 0 Å². The lowest BCUT2D eigenvalue weighted by molar-refractivity contribution is 0.187. The lowest BCUT2D eigenvalue weighted by atomic mass is 9.73. The molecule has 132 valence electrons. The van der Waals surface area contributed by atoms with Crippen LogP contribution in [0, 0.1) is 5.41 Å². The van der Waals surface area contributed by atoms with Crippen LogP contribution in [0.1, 0.15) is 30.0 Å². The van der Waals surface area contributed by atoms with Crippen LogP contribution in [0.4, 0.5) is 5.82 Å². The summed E-state index contributed by atoms with van der Waals surface area (Å²) in [7, 11) is 0. The van der Waals surface area contributed by atoms with Crippen molar-refractivity contribution >= 4 is 28.6 Å². The van der Waals surface area contributed by atoms with Crippen LogP contribution in [-0.2, 0) is 6.42 Å². The molecule has 2 N–H and O–H groups in total. The molecule has 1 saturated heterocycles. The van der Waals surface area contributed by atoms with E-state index in [0.29, 0.717) is 10.8 Å². The molecule has 0 unspecified atom stereocenters. The minimum atomic E-state index is 0.134. The Hall–Kier alpha value is -2.24. The molecule has 3 aromatic rings. The average molecular weight is 366 g/mol. The highest BCUT2D eigenvalue weighted by atomic mass is 35.5. The highest BCUT2D eigenvalue weighted by molar-refractivity contribution is 6.29. The van der Waals surface area contributed by atoms with Gasteiger partial charge in [-0.05, 0) is 47.9 Å². The zero-order valence-electron chi connectivity index (χ0n) is 14.4. The third-order valence-electron chi connectivity index (χ3n) is 6.03. The summed E-state index contributed by atoms with van der Waals surface area (Å²) in [6.45, 7) is 1.89. The first-order valence-corrected chi connectivity index (χ1v) is 9.40. The van der Waals surface area contributed by atoms with Gasteiger partial charge in [0.2, 0.25) is 0 Å². The number of aromatic nitrogens is 3. The van der Waals surface area contributed by atoms with E-state index in [1.165, 1.54) is 11.1 Å². The molecule has 1 spiro atoms. The lowest BCUT2D eigenvalue weighted by Crippen LogP contribution is -2.44. The van der Waals surface area contributed by atoms with Crippen molar-refractivity contribution in [1.29, 1.82) is 0 Å². The van der Waals surface area contributed by atoms with Gasteiger partial charge in [-0.15, -0.1) is 0 Å². The molecule has 5 rings (SSSR count). The number of benzene rings is 1. The maximum Gasteiger partial charge on any atom is 0.179 e. The highest BCUT2D eigenvalue weighted by Crippen LogP contribution is 2.50. The molecule has 2 aliphatic rings. The molecular weight excluding hydrogens is 346 g/mol. The Morgan fingerprint density at radius 2 is 1.88 bits per heavy atom. The van der Waals surface area contributed by atoms with E-state index < -0.39 is 0 Å². The van der Waals surface area contributed by atoms with Gasteiger partial charge in [0.05, 0.1) is 6.20 Å². The monoisotopic (exact) mass is 365 g/mol. The number of nitrogens with zero attached hydrogens (tertiary/aromatic N) is 4. The first-order valence-electron chi connectivity index (χ1n) is 9.02. The van der Waals surface area contributed by atoms with Crippen molar-refractivity contribution in [3.05, 3.63) is 58.9 Å². The Morgan fingerprint density at radius 1 is 1.08 bits per heavy atom. The molecule has 3 heterocycles. The minimum absolute atomic E-state index is 0.134. The molecule has 0 amide bonds. The third-order valence-corrected chi connectivity index (χ3v) is 6.24. The molecule has 1 atom stereocenters. The van der Waals surface area contributed by atoms with E-state index in [0.717, 1.165) is 43.7 Å². The zero-order chi connectivity index (χ0) is 17.7. The third kappa shape index (κ3) is 2.46. The van der Waals surface area contributed by atoms with E-state index >= 15 is 0 Å². The predicted octanol–water partition coefficient (Wildman–Crippen LogP) is 3.52. The summed E-state index contributed by atoms with van der Waals surface area (Å²) in [5.74, 6) is 0.903. The number of anilines is 1. The maximum absolute atomic E-state index is 6.66. The second kappa shape index (κ2) is 5.89. The van der Waals surface area contributed by atoms with Crippen LogP contribution in [0.2, 0.25) is 5.15 Å². The molecule has 0 saturated carbocycles. The number of halogens is 1. The summed E-state index contributed by atoms with van der Waals surface area (Å²) in [5.41, 5.74) is 10.9. The molecule has 2 aromatic heterocycles. The van der Waals surface area contributed by atoms with Crippen LogP contribution in [-0.4, -0.2) is 28.0 Å². The van der Waals surface area contributed by atoms with Gasteiger partial charge in [0.1, 0.15) is 16.5 Å². The maximum atomic E-state index is 6.66. The number of pyridine rings is 1. The molecule has 1 aliphatic heterocycles. The van der Waals surface area contributed by atoms with E-state index in [-0.39, 0.29) is 11.5 Å². The van der Waals surface area contributed by atoms with E-state index in [4.69, 9.17) is 22.3 Å². The second-order valence-corrected chi connectivity index (χ2v) is 7.79. The van der Waals surface area contributed by atoms with Crippen LogP contribution < -0.4 is 10.6 Å². The molecule has 5 nitrogen and oxygen atoms in total. The summed E-state index contributed by atoms with van der Waals surface area (Å²) >= 11 is 5.93. The first kappa shape index (κ1) is 16.0. The van der Waals surface area contributed by atoms with E-state index in [2.05, 4.69) is 39.1 Å². The van der Waals surface area contributed by atoms with Crippen LogP contribution >= 0.6 is 11.6 Å². The van der Waals surface area contributed by atoms with Gasteiger partial charge in [-0.3, -0.25) is 0 Å². The number of rotatable bonds is 1.